The van der Waals surface area contributed by atoms with Gasteiger partial charge in [-0.2, -0.15) is 0 Å². The molecule has 0 aliphatic carbocycles. The third-order valence-corrected chi connectivity index (χ3v) is 3.08. The SMILES string of the molecule is C#CCCCCC(=O)NCC(O)C(CC)CC. The van der Waals surface area contributed by atoms with Crippen molar-refractivity contribution >= 4 is 5.91 Å². The number of carbonyl (C=O) groups excluding carboxylic acids is 1. The Morgan fingerprint density at radius 3 is 2.53 bits per heavy atom. The molecular formula is C14H25NO2. The average molecular weight is 239 g/mol. The summed E-state index contributed by atoms with van der Waals surface area (Å²) in [5.41, 5.74) is 0. The number of hydrogen-bond donors (Lipinski definition) is 2. The number of terminal acetylenes is 1. The predicted molar refractivity (Wildman–Crippen MR) is 70.4 cm³/mol. The number of unbranched alkanes of at least 4 members (excludes halogenated alkanes) is 2. The molecule has 0 aromatic heterocycles. The van der Waals surface area contributed by atoms with Crippen LogP contribution in [0.15, 0.2) is 0 Å². The lowest BCUT2D eigenvalue weighted by Gasteiger charge is -2.20. The molecule has 0 aromatic rings. The zero-order valence-corrected chi connectivity index (χ0v) is 11.0. The molecular weight excluding hydrogens is 214 g/mol. The van der Waals surface area contributed by atoms with Crippen LogP contribution in [0.4, 0.5) is 0 Å². The monoisotopic (exact) mass is 239 g/mol. The van der Waals surface area contributed by atoms with Gasteiger partial charge in [0.25, 0.3) is 0 Å². The van der Waals surface area contributed by atoms with Crippen molar-refractivity contribution in [2.45, 2.75) is 58.5 Å². The van der Waals surface area contributed by atoms with Crippen LogP contribution in [0.1, 0.15) is 52.4 Å². The van der Waals surface area contributed by atoms with E-state index in [1.54, 1.807) is 0 Å². The highest BCUT2D eigenvalue weighted by Crippen LogP contribution is 2.12. The second-order valence-electron chi connectivity index (χ2n) is 4.36. The summed E-state index contributed by atoms with van der Waals surface area (Å²) in [6.07, 6.45) is 9.50. The van der Waals surface area contributed by atoms with Crippen LogP contribution in [-0.4, -0.2) is 23.7 Å². The van der Waals surface area contributed by atoms with Gasteiger partial charge in [-0.25, -0.2) is 0 Å². The van der Waals surface area contributed by atoms with E-state index in [9.17, 15) is 9.90 Å². The van der Waals surface area contributed by atoms with E-state index in [0.29, 0.717) is 13.0 Å². The van der Waals surface area contributed by atoms with Gasteiger partial charge in [0.1, 0.15) is 0 Å². The van der Waals surface area contributed by atoms with Crippen molar-refractivity contribution in [3.63, 3.8) is 0 Å². The highest BCUT2D eigenvalue weighted by Gasteiger charge is 2.15. The van der Waals surface area contributed by atoms with Crippen LogP contribution in [0.5, 0.6) is 0 Å². The van der Waals surface area contributed by atoms with Crippen LogP contribution in [0.2, 0.25) is 0 Å². The Bertz CT molecular complexity index is 241. The Balaban J connectivity index is 3.65. The second-order valence-corrected chi connectivity index (χ2v) is 4.36. The number of amides is 1. The summed E-state index contributed by atoms with van der Waals surface area (Å²) in [5, 5.41) is 12.6. The van der Waals surface area contributed by atoms with Crippen molar-refractivity contribution in [1.82, 2.24) is 5.32 Å². The van der Waals surface area contributed by atoms with Gasteiger partial charge in [-0.15, -0.1) is 12.3 Å². The molecule has 17 heavy (non-hydrogen) atoms. The van der Waals surface area contributed by atoms with E-state index in [1.165, 1.54) is 0 Å². The van der Waals surface area contributed by atoms with Crippen molar-refractivity contribution in [2.75, 3.05) is 6.54 Å². The Morgan fingerprint density at radius 2 is 2.00 bits per heavy atom. The zero-order chi connectivity index (χ0) is 13.1. The van der Waals surface area contributed by atoms with E-state index in [1.807, 2.05) is 0 Å². The van der Waals surface area contributed by atoms with Crippen molar-refractivity contribution < 1.29 is 9.90 Å². The van der Waals surface area contributed by atoms with E-state index in [2.05, 4.69) is 25.1 Å². The summed E-state index contributed by atoms with van der Waals surface area (Å²) in [7, 11) is 0. The molecule has 0 fully saturated rings. The molecule has 0 rings (SSSR count). The van der Waals surface area contributed by atoms with Gasteiger partial charge < -0.3 is 10.4 Å². The normalized spacial score (nSPS) is 12.2. The van der Waals surface area contributed by atoms with E-state index in [4.69, 9.17) is 6.42 Å². The summed E-state index contributed by atoms with van der Waals surface area (Å²) in [4.78, 5) is 11.4. The summed E-state index contributed by atoms with van der Waals surface area (Å²) >= 11 is 0. The third-order valence-electron chi connectivity index (χ3n) is 3.08. The quantitative estimate of drug-likeness (QED) is 0.478. The molecule has 0 heterocycles. The van der Waals surface area contributed by atoms with Crippen LogP contribution in [-0.2, 0) is 4.79 Å². The Labute approximate surface area is 105 Å². The fraction of sp³-hybridized carbons (Fsp3) is 0.786. The van der Waals surface area contributed by atoms with Crippen LogP contribution >= 0.6 is 0 Å². The first-order valence-corrected chi connectivity index (χ1v) is 6.53. The second kappa shape index (κ2) is 10.2. The lowest BCUT2D eigenvalue weighted by atomic mass is 9.96. The van der Waals surface area contributed by atoms with E-state index < -0.39 is 6.10 Å². The van der Waals surface area contributed by atoms with Crippen molar-refractivity contribution in [3.05, 3.63) is 0 Å². The number of nitrogens with one attached hydrogen (secondary N) is 1. The maximum Gasteiger partial charge on any atom is 0.220 e. The molecule has 3 nitrogen and oxygen atoms in total. The van der Waals surface area contributed by atoms with Gasteiger partial charge in [-0.1, -0.05) is 26.7 Å². The minimum Gasteiger partial charge on any atom is -0.391 e. The Hall–Kier alpha value is -1.01. The molecule has 0 aliphatic rings. The molecule has 1 unspecified atom stereocenters. The third kappa shape index (κ3) is 7.82. The van der Waals surface area contributed by atoms with Crippen molar-refractivity contribution in [1.29, 1.82) is 0 Å². The molecule has 1 atom stereocenters. The molecule has 0 aliphatic heterocycles. The summed E-state index contributed by atoms with van der Waals surface area (Å²) in [6.45, 7) is 4.47. The molecule has 0 bridgehead atoms. The van der Waals surface area contributed by atoms with Gasteiger partial charge in [-0.3, -0.25) is 4.79 Å². The Kier molecular flexibility index (Phi) is 9.56. The standard InChI is InChI=1S/C14H25NO2/c1-4-7-8-9-10-14(17)15-11-13(16)12(5-2)6-3/h1,12-13,16H,5-11H2,2-3H3,(H,15,17). The fourth-order valence-corrected chi connectivity index (χ4v) is 1.82. The minimum absolute atomic E-state index is 0.00651. The zero-order valence-electron chi connectivity index (χ0n) is 11.0. The van der Waals surface area contributed by atoms with Gasteiger partial charge >= 0.3 is 0 Å². The summed E-state index contributed by atoms with van der Waals surface area (Å²) in [6, 6.07) is 0. The number of aliphatic hydroxyl groups is 1. The first-order chi connectivity index (χ1) is 8.15. The van der Waals surface area contributed by atoms with Crippen LogP contribution in [0.25, 0.3) is 0 Å². The number of carbonyl (C=O) groups is 1. The van der Waals surface area contributed by atoms with E-state index in [0.717, 1.165) is 32.1 Å². The number of rotatable bonds is 9. The van der Waals surface area contributed by atoms with Crippen LogP contribution < -0.4 is 5.32 Å². The molecule has 0 aromatic carbocycles. The van der Waals surface area contributed by atoms with Gasteiger partial charge in [0.2, 0.25) is 5.91 Å². The molecule has 3 heteroatoms. The number of hydrogen-bond acceptors (Lipinski definition) is 2. The lowest BCUT2D eigenvalue weighted by Crippen LogP contribution is -2.35. The molecule has 0 saturated carbocycles. The molecule has 0 spiro atoms. The largest absolute Gasteiger partial charge is 0.391 e. The van der Waals surface area contributed by atoms with Gasteiger partial charge in [-0.05, 0) is 18.8 Å². The molecule has 0 radical (unpaired) electrons. The molecule has 1 amide bonds. The highest BCUT2D eigenvalue weighted by atomic mass is 16.3. The average Bonchev–Trinajstić information content (AvgIpc) is 2.33. The van der Waals surface area contributed by atoms with E-state index >= 15 is 0 Å². The highest BCUT2D eigenvalue weighted by molar-refractivity contribution is 5.75. The molecule has 0 saturated heterocycles. The molecule has 98 valence electrons. The predicted octanol–water partition coefficient (Wildman–Crippen LogP) is 2.09. The first-order valence-electron chi connectivity index (χ1n) is 6.53. The summed E-state index contributed by atoms with van der Waals surface area (Å²) in [5.74, 6) is 2.83. The lowest BCUT2D eigenvalue weighted by molar-refractivity contribution is -0.121. The van der Waals surface area contributed by atoms with Crippen LogP contribution in [0, 0.1) is 18.3 Å². The smallest absolute Gasteiger partial charge is 0.220 e. The van der Waals surface area contributed by atoms with Gasteiger partial charge in [0, 0.05) is 19.4 Å². The minimum atomic E-state index is -0.431. The van der Waals surface area contributed by atoms with Crippen molar-refractivity contribution in [2.24, 2.45) is 5.92 Å². The topological polar surface area (TPSA) is 49.3 Å². The van der Waals surface area contributed by atoms with E-state index in [-0.39, 0.29) is 11.8 Å². The first kappa shape index (κ1) is 16.0. The number of aliphatic hydroxyl groups excluding tert-OH is 1. The Morgan fingerprint density at radius 1 is 1.35 bits per heavy atom. The van der Waals surface area contributed by atoms with Crippen LogP contribution in [0.3, 0.4) is 0 Å². The van der Waals surface area contributed by atoms with Gasteiger partial charge in [0.05, 0.1) is 6.10 Å². The maximum atomic E-state index is 11.4. The molecule has 2 N–H and O–H groups in total. The van der Waals surface area contributed by atoms with Crippen molar-refractivity contribution in [3.8, 4) is 12.3 Å². The summed E-state index contributed by atoms with van der Waals surface area (Å²) < 4.78 is 0. The fourth-order valence-electron chi connectivity index (χ4n) is 1.82. The maximum absolute atomic E-state index is 11.4. The van der Waals surface area contributed by atoms with Gasteiger partial charge in [0.15, 0.2) is 0 Å².